The number of benzene rings is 2. The zero-order valence-corrected chi connectivity index (χ0v) is 12.1. The molecule has 4 N–H and O–H groups in total. The summed E-state index contributed by atoms with van der Waals surface area (Å²) in [4.78, 5) is 23.1. The van der Waals surface area contributed by atoms with Crippen LogP contribution in [0.1, 0.15) is 18.0 Å². The fraction of sp³-hybridized carbons (Fsp3) is 0.125. The zero-order chi connectivity index (χ0) is 16.8. The van der Waals surface area contributed by atoms with Gasteiger partial charge < -0.3 is 16.4 Å². The number of hydrogen-bond donors (Lipinski definition) is 3. The lowest BCUT2D eigenvalue weighted by atomic mass is 10.0. The Labute approximate surface area is 131 Å². The monoisotopic (exact) mass is 319 g/mol. The summed E-state index contributed by atoms with van der Waals surface area (Å²) in [6, 6.07) is 10.5. The number of anilines is 1. The van der Waals surface area contributed by atoms with E-state index in [4.69, 9.17) is 5.73 Å². The van der Waals surface area contributed by atoms with Crippen LogP contribution in [0.3, 0.4) is 0 Å². The van der Waals surface area contributed by atoms with Gasteiger partial charge in [0.2, 0.25) is 5.91 Å². The van der Waals surface area contributed by atoms with Gasteiger partial charge in [-0.3, -0.25) is 4.79 Å². The van der Waals surface area contributed by atoms with Crippen molar-refractivity contribution in [2.24, 2.45) is 5.73 Å². The summed E-state index contributed by atoms with van der Waals surface area (Å²) in [5.74, 6) is -2.53. The highest BCUT2D eigenvalue weighted by Gasteiger charge is 2.17. The molecular weight excluding hydrogens is 304 g/mol. The molecule has 0 radical (unpaired) electrons. The third kappa shape index (κ3) is 4.77. The fourth-order valence-corrected chi connectivity index (χ4v) is 2.08. The Morgan fingerprint density at radius 2 is 1.74 bits per heavy atom. The van der Waals surface area contributed by atoms with Crippen LogP contribution in [0.25, 0.3) is 0 Å². The molecular formula is C16H15F2N3O2. The van der Waals surface area contributed by atoms with E-state index in [0.717, 1.165) is 12.1 Å². The van der Waals surface area contributed by atoms with E-state index < -0.39 is 29.6 Å². The summed E-state index contributed by atoms with van der Waals surface area (Å²) in [6.07, 6.45) is -0.105. The van der Waals surface area contributed by atoms with Gasteiger partial charge in [0.15, 0.2) is 11.6 Å². The second kappa shape index (κ2) is 7.35. The molecule has 0 unspecified atom stereocenters. The van der Waals surface area contributed by atoms with Gasteiger partial charge in [-0.05, 0) is 17.7 Å². The van der Waals surface area contributed by atoms with Crippen molar-refractivity contribution in [1.82, 2.24) is 5.32 Å². The highest BCUT2D eigenvalue weighted by Crippen LogP contribution is 2.18. The molecule has 2 aromatic carbocycles. The summed E-state index contributed by atoms with van der Waals surface area (Å²) in [5, 5.41) is 4.92. The van der Waals surface area contributed by atoms with E-state index in [1.54, 1.807) is 30.3 Å². The minimum atomic E-state index is -1.06. The number of primary amides is 1. The van der Waals surface area contributed by atoms with E-state index in [9.17, 15) is 18.4 Å². The first-order valence-corrected chi connectivity index (χ1v) is 6.81. The van der Waals surface area contributed by atoms with Crippen LogP contribution in [-0.2, 0) is 4.79 Å². The Balaban J connectivity index is 2.08. The Morgan fingerprint density at radius 3 is 2.35 bits per heavy atom. The number of carbonyl (C=O) groups excluding carboxylic acids is 2. The summed E-state index contributed by atoms with van der Waals surface area (Å²) >= 11 is 0. The third-order valence-electron chi connectivity index (χ3n) is 3.11. The Morgan fingerprint density at radius 1 is 1.04 bits per heavy atom. The minimum Gasteiger partial charge on any atom is -0.352 e. The van der Waals surface area contributed by atoms with Crippen molar-refractivity contribution < 1.29 is 18.4 Å². The number of amides is 3. The van der Waals surface area contributed by atoms with Crippen LogP contribution in [-0.4, -0.2) is 11.9 Å². The predicted molar refractivity (Wildman–Crippen MR) is 81.5 cm³/mol. The van der Waals surface area contributed by atoms with Crippen molar-refractivity contribution in [2.75, 3.05) is 5.32 Å². The van der Waals surface area contributed by atoms with Crippen LogP contribution >= 0.6 is 0 Å². The molecule has 0 aliphatic carbocycles. The van der Waals surface area contributed by atoms with E-state index in [1.807, 2.05) is 0 Å². The SMILES string of the molecule is NC(=O)N[C@H](CC(=O)Nc1ccc(F)c(F)c1)c1ccccc1. The minimum absolute atomic E-state index is 0.105. The maximum Gasteiger partial charge on any atom is 0.312 e. The van der Waals surface area contributed by atoms with Crippen LogP contribution in [0.2, 0.25) is 0 Å². The lowest BCUT2D eigenvalue weighted by Gasteiger charge is -2.17. The normalized spacial score (nSPS) is 11.6. The molecule has 0 spiro atoms. The number of carbonyl (C=O) groups is 2. The van der Waals surface area contributed by atoms with Gasteiger partial charge in [0.1, 0.15) is 0 Å². The maximum absolute atomic E-state index is 13.1. The number of nitrogens with one attached hydrogen (secondary N) is 2. The van der Waals surface area contributed by atoms with Gasteiger partial charge in [-0.1, -0.05) is 30.3 Å². The molecule has 7 heteroatoms. The molecule has 1 atom stereocenters. The smallest absolute Gasteiger partial charge is 0.312 e. The lowest BCUT2D eigenvalue weighted by Crippen LogP contribution is -2.35. The second-order valence-corrected chi connectivity index (χ2v) is 4.85. The third-order valence-corrected chi connectivity index (χ3v) is 3.11. The second-order valence-electron chi connectivity index (χ2n) is 4.85. The molecule has 0 aliphatic heterocycles. The molecule has 23 heavy (non-hydrogen) atoms. The van der Waals surface area contributed by atoms with Gasteiger partial charge in [-0.25, -0.2) is 13.6 Å². The van der Waals surface area contributed by atoms with Gasteiger partial charge in [0.05, 0.1) is 12.5 Å². The molecule has 3 amide bonds. The van der Waals surface area contributed by atoms with Crippen LogP contribution < -0.4 is 16.4 Å². The van der Waals surface area contributed by atoms with E-state index in [-0.39, 0.29) is 12.1 Å². The molecule has 0 fully saturated rings. The zero-order valence-electron chi connectivity index (χ0n) is 12.1. The van der Waals surface area contributed by atoms with Crippen LogP contribution in [0, 0.1) is 11.6 Å². The Kier molecular flexibility index (Phi) is 5.24. The standard InChI is InChI=1S/C16H15F2N3O2/c17-12-7-6-11(8-13(12)18)20-15(22)9-14(21-16(19)23)10-4-2-1-3-5-10/h1-8,14H,9H2,(H,20,22)(H3,19,21,23)/t14-/m1/s1. The van der Waals surface area contributed by atoms with Crippen LogP contribution in [0.4, 0.5) is 19.3 Å². The van der Waals surface area contributed by atoms with Gasteiger partial charge in [-0.2, -0.15) is 0 Å². The largest absolute Gasteiger partial charge is 0.352 e. The van der Waals surface area contributed by atoms with E-state index in [2.05, 4.69) is 10.6 Å². The first kappa shape index (κ1) is 16.4. The number of rotatable bonds is 5. The van der Waals surface area contributed by atoms with Crippen molar-refractivity contribution in [3.05, 3.63) is 65.7 Å². The van der Waals surface area contributed by atoms with Crippen molar-refractivity contribution in [3.8, 4) is 0 Å². The predicted octanol–water partition coefficient (Wildman–Crippen LogP) is 2.70. The molecule has 2 rings (SSSR count). The first-order valence-electron chi connectivity index (χ1n) is 6.81. The van der Waals surface area contributed by atoms with Crippen molar-refractivity contribution in [2.45, 2.75) is 12.5 Å². The molecule has 0 bridgehead atoms. The number of urea groups is 1. The summed E-state index contributed by atoms with van der Waals surface area (Å²) in [6.45, 7) is 0. The topological polar surface area (TPSA) is 84.2 Å². The van der Waals surface area contributed by atoms with Crippen molar-refractivity contribution in [3.63, 3.8) is 0 Å². The van der Waals surface area contributed by atoms with E-state index in [1.165, 1.54) is 6.07 Å². The number of hydrogen-bond acceptors (Lipinski definition) is 2. The highest BCUT2D eigenvalue weighted by atomic mass is 19.2. The van der Waals surface area contributed by atoms with Gasteiger partial charge in [-0.15, -0.1) is 0 Å². The fourth-order valence-electron chi connectivity index (χ4n) is 2.08. The van der Waals surface area contributed by atoms with Crippen LogP contribution in [0.5, 0.6) is 0 Å². The lowest BCUT2D eigenvalue weighted by molar-refractivity contribution is -0.116. The summed E-state index contributed by atoms with van der Waals surface area (Å²) in [5.41, 5.74) is 5.95. The van der Waals surface area contributed by atoms with Gasteiger partial charge in [0.25, 0.3) is 0 Å². The van der Waals surface area contributed by atoms with Crippen LogP contribution in [0.15, 0.2) is 48.5 Å². The van der Waals surface area contributed by atoms with Gasteiger partial charge in [0, 0.05) is 11.8 Å². The average Bonchev–Trinajstić information content (AvgIpc) is 2.51. The van der Waals surface area contributed by atoms with E-state index in [0.29, 0.717) is 5.56 Å². The number of nitrogens with two attached hydrogens (primary N) is 1. The molecule has 120 valence electrons. The molecule has 0 heterocycles. The number of halogens is 2. The van der Waals surface area contributed by atoms with Gasteiger partial charge >= 0.3 is 6.03 Å². The summed E-state index contributed by atoms with van der Waals surface area (Å²) in [7, 11) is 0. The molecule has 0 aliphatic rings. The van der Waals surface area contributed by atoms with Crippen molar-refractivity contribution >= 4 is 17.6 Å². The van der Waals surface area contributed by atoms with Crippen molar-refractivity contribution in [1.29, 1.82) is 0 Å². The quantitative estimate of drug-likeness (QED) is 0.791. The van der Waals surface area contributed by atoms with E-state index >= 15 is 0 Å². The summed E-state index contributed by atoms with van der Waals surface area (Å²) < 4.78 is 26.0. The average molecular weight is 319 g/mol. The molecule has 2 aromatic rings. The maximum atomic E-state index is 13.1. The molecule has 0 aromatic heterocycles. The molecule has 5 nitrogen and oxygen atoms in total. The Hall–Kier alpha value is -2.96. The first-order chi connectivity index (χ1) is 11.0. The molecule has 0 saturated carbocycles. The highest BCUT2D eigenvalue weighted by molar-refractivity contribution is 5.91. The Bertz CT molecular complexity index is 708. The molecule has 0 saturated heterocycles.